The average Bonchev–Trinajstić information content (AvgIpc) is 2.21. The molecule has 0 aliphatic heterocycles. The summed E-state index contributed by atoms with van der Waals surface area (Å²) in [6, 6.07) is 8.02. The van der Waals surface area contributed by atoms with Gasteiger partial charge in [0.25, 0.3) is 0 Å². The lowest BCUT2D eigenvalue weighted by Crippen LogP contribution is -2.03. The molecule has 0 bridgehead atoms. The fraction of sp³-hybridized carbons (Fsp3) is 0.333. The topological polar surface area (TPSA) is 18.5 Å². The summed E-state index contributed by atoms with van der Waals surface area (Å²) >= 11 is 0. The van der Waals surface area contributed by atoms with E-state index in [9.17, 15) is 0 Å². The minimum absolute atomic E-state index is 0.595. The summed E-state index contributed by atoms with van der Waals surface area (Å²) in [5.41, 5.74) is 1.25. The molecule has 14 heavy (non-hydrogen) atoms. The Morgan fingerprint density at radius 2 is 1.93 bits per heavy atom. The standard InChI is InChI=1S/C12H16O2/c1-3-4-11-5-7-12(8-6-11)14-10-9-13-2/h3,5-8H,1,4,9-10H2,2H3. The highest BCUT2D eigenvalue weighted by atomic mass is 16.5. The van der Waals surface area contributed by atoms with Crippen LogP contribution in [0.25, 0.3) is 0 Å². The van der Waals surface area contributed by atoms with Crippen molar-refractivity contribution >= 4 is 0 Å². The minimum Gasteiger partial charge on any atom is -0.491 e. The second-order valence-corrected chi connectivity index (χ2v) is 2.98. The van der Waals surface area contributed by atoms with Gasteiger partial charge in [-0.3, -0.25) is 0 Å². The largest absolute Gasteiger partial charge is 0.491 e. The number of allylic oxidation sites excluding steroid dienone is 1. The van der Waals surface area contributed by atoms with E-state index in [0.717, 1.165) is 12.2 Å². The van der Waals surface area contributed by atoms with Gasteiger partial charge in [-0.05, 0) is 24.1 Å². The molecule has 1 aromatic rings. The van der Waals surface area contributed by atoms with Crippen molar-refractivity contribution in [1.29, 1.82) is 0 Å². The quantitative estimate of drug-likeness (QED) is 0.509. The number of ether oxygens (including phenoxy) is 2. The summed E-state index contributed by atoms with van der Waals surface area (Å²) < 4.78 is 10.3. The second kappa shape index (κ2) is 6.22. The minimum atomic E-state index is 0.595. The van der Waals surface area contributed by atoms with Gasteiger partial charge in [-0.25, -0.2) is 0 Å². The summed E-state index contributed by atoms with van der Waals surface area (Å²) in [4.78, 5) is 0. The molecular weight excluding hydrogens is 176 g/mol. The van der Waals surface area contributed by atoms with E-state index < -0.39 is 0 Å². The zero-order valence-electron chi connectivity index (χ0n) is 8.53. The zero-order chi connectivity index (χ0) is 10.2. The lowest BCUT2D eigenvalue weighted by Gasteiger charge is -2.05. The first kappa shape index (κ1) is 10.8. The van der Waals surface area contributed by atoms with Gasteiger partial charge in [0.15, 0.2) is 0 Å². The van der Waals surface area contributed by atoms with E-state index in [1.165, 1.54) is 5.56 Å². The third-order valence-corrected chi connectivity index (χ3v) is 1.86. The van der Waals surface area contributed by atoms with Crippen LogP contribution in [-0.2, 0) is 11.2 Å². The predicted octanol–water partition coefficient (Wildman–Crippen LogP) is 2.44. The molecule has 0 spiro atoms. The van der Waals surface area contributed by atoms with Crippen LogP contribution < -0.4 is 4.74 Å². The van der Waals surface area contributed by atoms with Gasteiger partial charge >= 0.3 is 0 Å². The Labute approximate surface area is 85.2 Å². The van der Waals surface area contributed by atoms with Gasteiger partial charge in [0, 0.05) is 7.11 Å². The van der Waals surface area contributed by atoms with Crippen molar-refractivity contribution in [3.05, 3.63) is 42.5 Å². The molecule has 0 N–H and O–H groups in total. The molecule has 1 rings (SSSR count). The summed E-state index contributed by atoms with van der Waals surface area (Å²) in [5, 5.41) is 0. The zero-order valence-corrected chi connectivity index (χ0v) is 8.53. The van der Waals surface area contributed by atoms with Crippen LogP contribution in [0.15, 0.2) is 36.9 Å². The second-order valence-electron chi connectivity index (χ2n) is 2.98. The van der Waals surface area contributed by atoms with Gasteiger partial charge in [-0.2, -0.15) is 0 Å². The molecule has 0 aliphatic rings. The molecule has 1 aromatic carbocycles. The van der Waals surface area contributed by atoms with Crippen LogP contribution in [0.3, 0.4) is 0 Å². The summed E-state index contributed by atoms with van der Waals surface area (Å²) in [6.45, 7) is 4.91. The van der Waals surface area contributed by atoms with Crippen LogP contribution in [0, 0.1) is 0 Å². The number of methoxy groups -OCH3 is 1. The van der Waals surface area contributed by atoms with Gasteiger partial charge in [-0.1, -0.05) is 18.2 Å². The molecule has 0 fully saturated rings. The lowest BCUT2D eigenvalue weighted by atomic mass is 10.1. The number of rotatable bonds is 6. The molecule has 2 nitrogen and oxygen atoms in total. The highest BCUT2D eigenvalue weighted by molar-refractivity contribution is 5.28. The van der Waals surface area contributed by atoms with E-state index in [2.05, 4.69) is 6.58 Å². The van der Waals surface area contributed by atoms with Crippen LogP contribution in [0.4, 0.5) is 0 Å². The Morgan fingerprint density at radius 3 is 2.50 bits per heavy atom. The van der Waals surface area contributed by atoms with Crippen molar-refractivity contribution in [1.82, 2.24) is 0 Å². The first-order chi connectivity index (χ1) is 6.86. The molecule has 0 atom stereocenters. The molecule has 0 aromatic heterocycles. The van der Waals surface area contributed by atoms with E-state index in [1.807, 2.05) is 30.3 Å². The molecule has 0 heterocycles. The fourth-order valence-corrected chi connectivity index (χ4v) is 1.13. The van der Waals surface area contributed by atoms with Crippen molar-refractivity contribution in [3.8, 4) is 5.75 Å². The van der Waals surface area contributed by atoms with Gasteiger partial charge in [0.1, 0.15) is 12.4 Å². The molecule has 2 heteroatoms. The molecule has 0 amide bonds. The van der Waals surface area contributed by atoms with Crippen LogP contribution in [0.1, 0.15) is 5.56 Å². The first-order valence-electron chi connectivity index (χ1n) is 4.68. The predicted molar refractivity (Wildman–Crippen MR) is 57.7 cm³/mol. The van der Waals surface area contributed by atoms with Gasteiger partial charge in [0.2, 0.25) is 0 Å². The first-order valence-corrected chi connectivity index (χ1v) is 4.68. The van der Waals surface area contributed by atoms with E-state index in [1.54, 1.807) is 7.11 Å². The normalized spacial score (nSPS) is 9.79. The summed E-state index contributed by atoms with van der Waals surface area (Å²) in [6.07, 6.45) is 2.79. The van der Waals surface area contributed by atoms with Crippen LogP contribution in [-0.4, -0.2) is 20.3 Å². The summed E-state index contributed by atoms with van der Waals surface area (Å²) in [5.74, 6) is 0.884. The summed E-state index contributed by atoms with van der Waals surface area (Å²) in [7, 11) is 1.66. The number of hydrogen-bond donors (Lipinski definition) is 0. The maximum absolute atomic E-state index is 5.43. The van der Waals surface area contributed by atoms with E-state index in [0.29, 0.717) is 13.2 Å². The monoisotopic (exact) mass is 192 g/mol. The van der Waals surface area contributed by atoms with Crippen LogP contribution in [0.5, 0.6) is 5.75 Å². The number of benzene rings is 1. The molecule has 0 saturated carbocycles. The molecule has 0 unspecified atom stereocenters. The fourth-order valence-electron chi connectivity index (χ4n) is 1.13. The molecular formula is C12H16O2. The van der Waals surface area contributed by atoms with Crippen LogP contribution in [0.2, 0.25) is 0 Å². The third kappa shape index (κ3) is 3.62. The van der Waals surface area contributed by atoms with Gasteiger partial charge in [-0.15, -0.1) is 6.58 Å². The highest BCUT2D eigenvalue weighted by Crippen LogP contribution is 2.12. The Hall–Kier alpha value is -1.28. The van der Waals surface area contributed by atoms with Crippen molar-refractivity contribution in [3.63, 3.8) is 0 Å². The van der Waals surface area contributed by atoms with Crippen molar-refractivity contribution in [2.45, 2.75) is 6.42 Å². The van der Waals surface area contributed by atoms with Crippen molar-refractivity contribution in [2.75, 3.05) is 20.3 Å². The Kier molecular flexibility index (Phi) is 4.79. The van der Waals surface area contributed by atoms with E-state index >= 15 is 0 Å². The smallest absolute Gasteiger partial charge is 0.119 e. The van der Waals surface area contributed by atoms with Crippen molar-refractivity contribution in [2.24, 2.45) is 0 Å². The van der Waals surface area contributed by atoms with E-state index in [4.69, 9.17) is 9.47 Å². The Bertz CT molecular complexity index is 264. The maximum Gasteiger partial charge on any atom is 0.119 e. The molecule has 0 radical (unpaired) electrons. The third-order valence-electron chi connectivity index (χ3n) is 1.86. The SMILES string of the molecule is C=CCc1ccc(OCCOC)cc1. The van der Waals surface area contributed by atoms with E-state index in [-0.39, 0.29) is 0 Å². The maximum atomic E-state index is 5.43. The average molecular weight is 192 g/mol. The van der Waals surface area contributed by atoms with Crippen LogP contribution >= 0.6 is 0 Å². The van der Waals surface area contributed by atoms with Gasteiger partial charge < -0.3 is 9.47 Å². The van der Waals surface area contributed by atoms with Gasteiger partial charge in [0.05, 0.1) is 6.61 Å². The number of hydrogen-bond acceptors (Lipinski definition) is 2. The Morgan fingerprint density at radius 1 is 1.21 bits per heavy atom. The van der Waals surface area contributed by atoms with Crippen molar-refractivity contribution < 1.29 is 9.47 Å². The highest BCUT2D eigenvalue weighted by Gasteiger charge is 1.93. The lowest BCUT2D eigenvalue weighted by molar-refractivity contribution is 0.146. The molecule has 76 valence electrons. The Balaban J connectivity index is 2.42. The molecule has 0 saturated heterocycles. The molecule has 0 aliphatic carbocycles.